The Hall–Kier alpha value is -3.21. The predicted octanol–water partition coefficient (Wildman–Crippen LogP) is 0.365. The number of likely N-dealkylation sites (N-methyl/N-ethyl adjacent to an activating group) is 1. The molecular weight excluding hydrogens is 434 g/mol. The Morgan fingerprint density at radius 2 is 1.82 bits per heavy atom. The maximum absolute atomic E-state index is 12.9. The molecule has 182 valence electrons. The molecule has 0 radical (unpaired) electrons. The molecule has 0 bridgehead atoms. The van der Waals surface area contributed by atoms with Crippen molar-refractivity contribution in [3.05, 3.63) is 33.2 Å². The number of carbonyl (C=O) groups excluding carboxylic acids is 2. The summed E-state index contributed by atoms with van der Waals surface area (Å²) in [5.41, 5.74) is 1.51. The van der Waals surface area contributed by atoms with Crippen LogP contribution in [0.15, 0.2) is 10.9 Å². The fraction of sp³-hybridized carbons (Fsp3) is 0.591. The van der Waals surface area contributed by atoms with E-state index in [1.807, 2.05) is 19.0 Å². The Balaban J connectivity index is 0.000000582. The molecule has 4 rings (SSSR count). The van der Waals surface area contributed by atoms with Crippen LogP contribution >= 0.6 is 0 Å². The maximum atomic E-state index is 12.9. The lowest BCUT2D eigenvalue weighted by atomic mass is 9.76. The van der Waals surface area contributed by atoms with Crippen LogP contribution in [0.1, 0.15) is 47.3 Å². The zero-order valence-corrected chi connectivity index (χ0v) is 18.9. The van der Waals surface area contributed by atoms with Gasteiger partial charge in [-0.05, 0) is 57.8 Å². The quantitative estimate of drug-likeness (QED) is 0.423. The average molecular weight is 466 g/mol. The van der Waals surface area contributed by atoms with E-state index in [0.29, 0.717) is 32.4 Å². The number of aromatic amines is 1. The monoisotopic (exact) mass is 465 g/mol. The SMILES string of the molecule is CN(C)CC1CC2(CCN(C(=O)c3cc4c([nH]c3=O)CCC4)CC2)C(=O)O1.O=CO.O=CO. The summed E-state index contributed by atoms with van der Waals surface area (Å²) in [6, 6.07) is 1.77. The number of hydrogen-bond donors (Lipinski definition) is 3. The molecule has 1 spiro atoms. The van der Waals surface area contributed by atoms with Crippen molar-refractivity contribution >= 4 is 24.8 Å². The number of carbonyl (C=O) groups is 4. The number of fused-ring (bicyclic) bond motifs is 1. The number of aryl methyl sites for hydroxylation is 2. The third-order valence-corrected chi connectivity index (χ3v) is 6.22. The number of hydrogen-bond acceptors (Lipinski definition) is 7. The third-order valence-electron chi connectivity index (χ3n) is 6.22. The van der Waals surface area contributed by atoms with Crippen molar-refractivity contribution in [3.8, 4) is 0 Å². The minimum Gasteiger partial charge on any atom is -0.483 e. The first kappa shape index (κ1) is 26.0. The Kier molecular flexibility index (Phi) is 9.15. The number of amides is 1. The standard InChI is InChI=1S/C20H27N3O4.2CH2O2/c1-22(2)12-14-11-20(19(26)27-14)6-8-23(9-7-20)18(25)15-10-13-4-3-5-16(13)21-17(15)24;2*2-1-3/h10,14H,3-9,11-12H2,1-2H3,(H,21,24);2*1H,(H,2,3). The van der Waals surface area contributed by atoms with E-state index < -0.39 is 5.41 Å². The summed E-state index contributed by atoms with van der Waals surface area (Å²) in [4.78, 5) is 61.0. The molecule has 1 aliphatic carbocycles. The highest BCUT2D eigenvalue weighted by atomic mass is 16.6. The number of aromatic nitrogens is 1. The third kappa shape index (κ3) is 6.19. The van der Waals surface area contributed by atoms with Crippen molar-refractivity contribution in [2.45, 2.75) is 44.6 Å². The van der Waals surface area contributed by atoms with Gasteiger partial charge in [-0.25, -0.2) is 0 Å². The second-order valence-corrected chi connectivity index (χ2v) is 8.65. The second kappa shape index (κ2) is 11.6. The summed E-state index contributed by atoms with van der Waals surface area (Å²) in [5.74, 6) is -0.353. The molecule has 1 atom stereocenters. The first-order valence-electron chi connectivity index (χ1n) is 10.8. The number of rotatable bonds is 3. The minimum absolute atomic E-state index is 0.0747. The highest BCUT2D eigenvalue weighted by Crippen LogP contribution is 2.43. The Labute approximate surface area is 191 Å². The van der Waals surface area contributed by atoms with Gasteiger partial charge >= 0.3 is 5.97 Å². The van der Waals surface area contributed by atoms with Crippen molar-refractivity contribution in [3.63, 3.8) is 0 Å². The van der Waals surface area contributed by atoms with Crippen LogP contribution in [-0.4, -0.2) is 89.7 Å². The molecule has 0 aromatic carbocycles. The van der Waals surface area contributed by atoms with Gasteiger partial charge in [0.15, 0.2) is 0 Å². The number of likely N-dealkylation sites (tertiary alicyclic amines) is 1. The van der Waals surface area contributed by atoms with E-state index in [4.69, 9.17) is 24.5 Å². The van der Waals surface area contributed by atoms with Gasteiger partial charge in [0.2, 0.25) is 0 Å². The van der Waals surface area contributed by atoms with Crippen LogP contribution in [0.3, 0.4) is 0 Å². The molecule has 11 heteroatoms. The molecular formula is C22H31N3O8. The van der Waals surface area contributed by atoms with E-state index in [0.717, 1.165) is 37.1 Å². The summed E-state index contributed by atoms with van der Waals surface area (Å²) < 4.78 is 5.58. The van der Waals surface area contributed by atoms with Crippen molar-refractivity contribution in [2.75, 3.05) is 33.7 Å². The number of esters is 1. The second-order valence-electron chi connectivity index (χ2n) is 8.65. The number of carboxylic acid groups (broad SMARTS) is 2. The van der Waals surface area contributed by atoms with Gasteiger partial charge in [0, 0.05) is 31.7 Å². The molecule has 3 N–H and O–H groups in total. The summed E-state index contributed by atoms with van der Waals surface area (Å²) in [6.07, 6.45) is 4.65. The lowest BCUT2D eigenvalue weighted by Gasteiger charge is -2.36. The molecule has 2 fully saturated rings. The molecule has 33 heavy (non-hydrogen) atoms. The molecule has 11 nitrogen and oxygen atoms in total. The van der Waals surface area contributed by atoms with Crippen LogP contribution in [-0.2, 0) is 32.0 Å². The predicted molar refractivity (Wildman–Crippen MR) is 117 cm³/mol. The van der Waals surface area contributed by atoms with E-state index >= 15 is 0 Å². The lowest BCUT2D eigenvalue weighted by molar-refractivity contribution is -0.150. The van der Waals surface area contributed by atoms with Crippen LogP contribution in [0.4, 0.5) is 0 Å². The number of nitrogens with zero attached hydrogens (tertiary/aromatic N) is 2. The Morgan fingerprint density at radius 1 is 1.21 bits per heavy atom. The van der Waals surface area contributed by atoms with Crippen molar-refractivity contribution in [2.24, 2.45) is 5.41 Å². The molecule has 1 aromatic heterocycles. The summed E-state index contributed by atoms with van der Waals surface area (Å²) >= 11 is 0. The Morgan fingerprint density at radius 3 is 2.39 bits per heavy atom. The molecule has 2 aliphatic heterocycles. The minimum atomic E-state index is -0.470. The van der Waals surface area contributed by atoms with Gasteiger partial charge in [0.05, 0.1) is 5.41 Å². The fourth-order valence-electron chi connectivity index (χ4n) is 4.73. The summed E-state index contributed by atoms with van der Waals surface area (Å²) in [5, 5.41) is 13.8. The largest absolute Gasteiger partial charge is 0.483 e. The van der Waals surface area contributed by atoms with Gasteiger partial charge in [0.1, 0.15) is 11.7 Å². The normalized spacial score (nSPS) is 20.2. The maximum Gasteiger partial charge on any atom is 0.312 e. The average Bonchev–Trinajstić information content (AvgIpc) is 3.32. The van der Waals surface area contributed by atoms with E-state index in [9.17, 15) is 14.4 Å². The van der Waals surface area contributed by atoms with Gasteiger partial charge in [-0.15, -0.1) is 0 Å². The summed E-state index contributed by atoms with van der Waals surface area (Å²) in [6.45, 7) is 1.19. The van der Waals surface area contributed by atoms with Crippen LogP contribution in [0.5, 0.6) is 0 Å². The number of cyclic esters (lactones) is 1. The Bertz CT molecular complexity index is 913. The van der Waals surface area contributed by atoms with Crippen molar-refractivity contribution in [1.29, 1.82) is 0 Å². The van der Waals surface area contributed by atoms with Gasteiger partial charge in [-0.2, -0.15) is 0 Å². The van der Waals surface area contributed by atoms with Gasteiger partial charge in [-0.1, -0.05) is 0 Å². The van der Waals surface area contributed by atoms with E-state index in [1.54, 1.807) is 11.0 Å². The van der Waals surface area contributed by atoms with Crippen LogP contribution < -0.4 is 5.56 Å². The summed E-state index contributed by atoms with van der Waals surface area (Å²) in [7, 11) is 3.93. The topological polar surface area (TPSA) is 157 Å². The van der Waals surface area contributed by atoms with E-state index in [-0.39, 0.29) is 42.0 Å². The first-order chi connectivity index (χ1) is 15.7. The molecule has 1 amide bonds. The fourth-order valence-corrected chi connectivity index (χ4v) is 4.73. The van der Waals surface area contributed by atoms with Crippen LogP contribution in [0, 0.1) is 5.41 Å². The van der Waals surface area contributed by atoms with Crippen LogP contribution in [0.2, 0.25) is 0 Å². The lowest BCUT2D eigenvalue weighted by Crippen LogP contribution is -2.46. The number of ether oxygens (including phenoxy) is 1. The molecule has 0 saturated carbocycles. The van der Waals surface area contributed by atoms with E-state index in [2.05, 4.69) is 4.98 Å². The van der Waals surface area contributed by atoms with Gasteiger partial charge in [-0.3, -0.25) is 24.0 Å². The number of piperidine rings is 1. The molecule has 1 aromatic rings. The smallest absolute Gasteiger partial charge is 0.312 e. The molecule has 3 aliphatic rings. The highest BCUT2D eigenvalue weighted by Gasteiger charge is 2.50. The highest BCUT2D eigenvalue weighted by molar-refractivity contribution is 5.94. The number of pyridine rings is 1. The van der Waals surface area contributed by atoms with Crippen molar-refractivity contribution in [1.82, 2.24) is 14.8 Å². The van der Waals surface area contributed by atoms with Gasteiger partial charge < -0.3 is 29.7 Å². The molecule has 2 saturated heterocycles. The molecule has 3 heterocycles. The number of nitrogens with one attached hydrogen (secondary N) is 1. The zero-order valence-electron chi connectivity index (χ0n) is 18.9. The molecule has 1 unspecified atom stereocenters. The van der Waals surface area contributed by atoms with E-state index in [1.165, 1.54) is 0 Å². The number of H-pyrrole nitrogens is 1. The van der Waals surface area contributed by atoms with Gasteiger partial charge in [0.25, 0.3) is 24.4 Å². The van der Waals surface area contributed by atoms with Crippen molar-refractivity contribution < 1.29 is 34.1 Å². The first-order valence-corrected chi connectivity index (χ1v) is 10.8. The van der Waals surface area contributed by atoms with Crippen LogP contribution in [0.25, 0.3) is 0 Å². The zero-order chi connectivity index (χ0) is 24.6.